The second-order valence-corrected chi connectivity index (χ2v) is 5.52. The smallest absolute Gasteiger partial charge is 0.0478 e. The first-order chi connectivity index (χ1) is 7.18. The molecule has 0 aromatic carbocycles. The first kappa shape index (κ1) is 11.0. The zero-order chi connectivity index (χ0) is 10.8. The van der Waals surface area contributed by atoms with Crippen molar-refractivity contribution in [3.8, 4) is 0 Å². The summed E-state index contributed by atoms with van der Waals surface area (Å²) in [5.74, 6) is 0.707. The number of anilines is 1. The molecule has 15 heavy (non-hydrogen) atoms. The van der Waals surface area contributed by atoms with E-state index in [2.05, 4.69) is 47.8 Å². The summed E-state index contributed by atoms with van der Waals surface area (Å²) in [6.45, 7) is 9.11. The van der Waals surface area contributed by atoms with Crippen LogP contribution in [0.1, 0.15) is 20.8 Å². The van der Waals surface area contributed by atoms with Gasteiger partial charge in [0.25, 0.3) is 0 Å². The summed E-state index contributed by atoms with van der Waals surface area (Å²) in [5, 5.41) is 8.03. The number of rotatable bonds is 2. The third-order valence-corrected chi connectivity index (χ3v) is 3.91. The number of nitrogens with one attached hydrogen (secondary N) is 1. The molecule has 3 heteroatoms. The molecule has 84 valence electrons. The van der Waals surface area contributed by atoms with Crippen LogP contribution in [0.15, 0.2) is 16.8 Å². The third-order valence-electron chi connectivity index (χ3n) is 3.24. The van der Waals surface area contributed by atoms with E-state index in [4.69, 9.17) is 0 Å². The molecule has 0 spiro atoms. The molecular formula is C12H20N2S. The van der Waals surface area contributed by atoms with Crippen molar-refractivity contribution < 1.29 is 0 Å². The van der Waals surface area contributed by atoms with Crippen molar-refractivity contribution in [1.82, 2.24) is 5.32 Å². The first-order valence-corrected chi connectivity index (χ1v) is 6.65. The van der Waals surface area contributed by atoms with Gasteiger partial charge in [-0.2, -0.15) is 11.3 Å². The molecular weight excluding hydrogens is 204 g/mol. The lowest BCUT2D eigenvalue weighted by Gasteiger charge is -2.41. The highest BCUT2D eigenvalue weighted by Gasteiger charge is 2.26. The molecule has 2 nitrogen and oxygen atoms in total. The van der Waals surface area contributed by atoms with E-state index < -0.39 is 0 Å². The fraction of sp³-hybridized carbons (Fsp3) is 0.667. The van der Waals surface area contributed by atoms with Crippen LogP contribution in [0.4, 0.5) is 5.69 Å². The van der Waals surface area contributed by atoms with Crippen molar-refractivity contribution >= 4 is 17.0 Å². The maximum atomic E-state index is 3.62. The summed E-state index contributed by atoms with van der Waals surface area (Å²) < 4.78 is 0. The summed E-state index contributed by atoms with van der Waals surface area (Å²) in [7, 11) is 0. The Kier molecular flexibility index (Phi) is 3.32. The zero-order valence-corrected chi connectivity index (χ0v) is 10.6. The fourth-order valence-corrected chi connectivity index (χ4v) is 2.77. The molecule has 2 unspecified atom stereocenters. The fourth-order valence-electron chi connectivity index (χ4n) is 2.12. The van der Waals surface area contributed by atoms with Crippen LogP contribution in [0.2, 0.25) is 0 Å². The highest BCUT2D eigenvalue weighted by molar-refractivity contribution is 7.08. The molecule has 1 aliphatic rings. The van der Waals surface area contributed by atoms with Crippen LogP contribution in [-0.4, -0.2) is 25.2 Å². The lowest BCUT2D eigenvalue weighted by Crippen LogP contribution is -2.57. The Labute approximate surface area is 96.3 Å². The predicted molar refractivity (Wildman–Crippen MR) is 67.8 cm³/mol. The normalized spacial score (nSPS) is 27.3. The van der Waals surface area contributed by atoms with E-state index in [1.807, 2.05) is 0 Å². The molecule has 1 aromatic rings. The summed E-state index contributed by atoms with van der Waals surface area (Å²) >= 11 is 1.78. The van der Waals surface area contributed by atoms with Crippen molar-refractivity contribution in [2.75, 3.05) is 18.0 Å². The number of hydrogen-bond donors (Lipinski definition) is 1. The van der Waals surface area contributed by atoms with E-state index in [1.54, 1.807) is 11.3 Å². The van der Waals surface area contributed by atoms with Gasteiger partial charge in [0.2, 0.25) is 0 Å². The van der Waals surface area contributed by atoms with Gasteiger partial charge in [-0.3, -0.25) is 0 Å². The quantitative estimate of drug-likeness (QED) is 0.830. The van der Waals surface area contributed by atoms with Crippen molar-refractivity contribution in [3.05, 3.63) is 16.8 Å². The molecule has 1 saturated heterocycles. The average molecular weight is 224 g/mol. The monoisotopic (exact) mass is 224 g/mol. The largest absolute Gasteiger partial charge is 0.365 e. The second kappa shape index (κ2) is 4.54. The zero-order valence-electron chi connectivity index (χ0n) is 9.73. The van der Waals surface area contributed by atoms with Crippen LogP contribution in [-0.2, 0) is 0 Å². The van der Waals surface area contributed by atoms with E-state index in [0.717, 1.165) is 13.1 Å². The highest BCUT2D eigenvalue weighted by Crippen LogP contribution is 2.23. The lowest BCUT2D eigenvalue weighted by atomic mass is 9.99. The van der Waals surface area contributed by atoms with Gasteiger partial charge < -0.3 is 10.2 Å². The number of nitrogens with zero attached hydrogens (tertiary/aromatic N) is 1. The van der Waals surface area contributed by atoms with Gasteiger partial charge in [0.1, 0.15) is 0 Å². The Balaban J connectivity index is 2.09. The minimum atomic E-state index is 0.606. The van der Waals surface area contributed by atoms with Gasteiger partial charge in [-0.25, -0.2) is 0 Å². The molecule has 1 fully saturated rings. The molecule has 2 heterocycles. The summed E-state index contributed by atoms with van der Waals surface area (Å²) in [4.78, 5) is 2.53. The van der Waals surface area contributed by atoms with E-state index >= 15 is 0 Å². The average Bonchev–Trinajstić information content (AvgIpc) is 2.71. The Morgan fingerprint density at radius 2 is 2.33 bits per heavy atom. The second-order valence-electron chi connectivity index (χ2n) is 4.74. The standard InChI is InChI=1S/C12H20N2S/c1-9(2)12-7-14(10(3)6-13-12)11-4-5-15-8-11/h4-5,8-10,12-13H,6-7H2,1-3H3. The molecule has 0 aliphatic carbocycles. The third kappa shape index (κ3) is 2.34. The van der Waals surface area contributed by atoms with Crippen LogP contribution in [0.5, 0.6) is 0 Å². The molecule has 1 N–H and O–H groups in total. The SMILES string of the molecule is CC(C)C1CN(c2ccsc2)C(C)CN1. The highest BCUT2D eigenvalue weighted by atomic mass is 32.1. The molecule has 1 aromatic heterocycles. The van der Waals surface area contributed by atoms with Crippen LogP contribution in [0.3, 0.4) is 0 Å². The summed E-state index contributed by atoms with van der Waals surface area (Å²) in [6.07, 6.45) is 0. The van der Waals surface area contributed by atoms with Gasteiger partial charge in [0, 0.05) is 36.2 Å². The maximum absolute atomic E-state index is 3.62. The molecule has 1 aliphatic heterocycles. The Hall–Kier alpha value is -0.540. The van der Waals surface area contributed by atoms with Gasteiger partial charge in [-0.1, -0.05) is 13.8 Å². The van der Waals surface area contributed by atoms with Gasteiger partial charge in [-0.15, -0.1) is 0 Å². The maximum Gasteiger partial charge on any atom is 0.0478 e. The minimum Gasteiger partial charge on any atom is -0.365 e. The Morgan fingerprint density at radius 3 is 2.93 bits per heavy atom. The number of piperazine rings is 1. The van der Waals surface area contributed by atoms with Crippen LogP contribution >= 0.6 is 11.3 Å². The van der Waals surface area contributed by atoms with E-state index in [-0.39, 0.29) is 0 Å². The topological polar surface area (TPSA) is 15.3 Å². The molecule has 0 saturated carbocycles. The molecule has 0 amide bonds. The molecule has 2 rings (SSSR count). The summed E-state index contributed by atoms with van der Waals surface area (Å²) in [5.41, 5.74) is 1.39. The van der Waals surface area contributed by atoms with Crippen LogP contribution in [0.25, 0.3) is 0 Å². The van der Waals surface area contributed by atoms with Gasteiger partial charge in [-0.05, 0) is 24.3 Å². The minimum absolute atomic E-state index is 0.606. The lowest BCUT2D eigenvalue weighted by molar-refractivity contribution is 0.337. The predicted octanol–water partition coefficient (Wildman–Crippen LogP) is 2.57. The van der Waals surface area contributed by atoms with Crippen LogP contribution in [0, 0.1) is 5.92 Å². The van der Waals surface area contributed by atoms with Gasteiger partial charge in [0.15, 0.2) is 0 Å². The Morgan fingerprint density at radius 1 is 1.53 bits per heavy atom. The van der Waals surface area contributed by atoms with Crippen LogP contribution < -0.4 is 10.2 Å². The first-order valence-electron chi connectivity index (χ1n) is 5.70. The van der Waals surface area contributed by atoms with E-state index in [0.29, 0.717) is 18.0 Å². The van der Waals surface area contributed by atoms with E-state index in [9.17, 15) is 0 Å². The van der Waals surface area contributed by atoms with Gasteiger partial charge in [0.05, 0.1) is 0 Å². The van der Waals surface area contributed by atoms with E-state index in [1.165, 1.54) is 5.69 Å². The van der Waals surface area contributed by atoms with Gasteiger partial charge >= 0.3 is 0 Å². The molecule has 2 atom stereocenters. The van der Waals surface area contributed by atoms with Crippen molar-refractivity contribution in [3.63, 3.8) is 0 Å². The number of hydrogen-bond acceptors (Lipinski definition) is 3. The summed E-state index contributed by atoms with van der Waals surface area (Å²) in [6, 6.07) is 3.46. The molecule has 0 bridgehead atoms. The number of thiophene rings is 1. The Bertz CT molecular complexity index is 295. The molecule has 0 radical (unpaired) electrons. The van der Waals surface area contributed by atoms with Crippen molar-refractivity contribution in [1.29, 1.82) is 0 Å². The van der Waals surface area contributed by atoms with Crippen molar-refractivity contribution in [2.45, 2.75) is 32.9 Å². The van der Waals surface area contributed by atoms with Crippen molar-refractivity contribution in [2.24, 2.45) is 5.92 Å².